The van der Waals surface area contributed by atoms with Crippen molar-refractivity contribution < 1.29 is 10.0 Å². The molecule has 0 spiro atoms. The molecule has 0 saturated heterocycles. The summed E-state index contributed by atoms with van der Waals surface area (Å²) in [6.45, 7) is 1.62. The third kappa shape index (κ3) is 3.47. The Hall–Kier alpha value is -1.19. The second kappa shape index (κ2) is 6.51. The molecule has 0 unspecified atom stereocenters. The number of nitrogens with one attached hydrogen (secondary N) is 1. The van der Waals surface area contributed by atoms with Crippen molar-refractivity contribution in [1.82, 2.24) is 4.98 Å². The van der Waals surface area contributed by atoms with Crippen molar-refractivity contribution in [3.05, 3.63) is 43.4 Å². The summed E-state index contributed by atoms with van der Waals surface area (Å²) in [5.74, 6) is -0.289. The first kappa shape index (κ1) is 15.2. The molecule has 0 radical (unpaired) electrons. The number of halogens is 2. The van der Waals surface area contributed by atoms with Crippen molar-refractivity contribution in [1.29, 1.82) is 0 Å². The van der Waals surface area contributed by atoms with Crippen molar-refractivity contribution in [3.8, 4) is 0 Å². The maximum atomic E-state index is 12.0. The number of hydrogen-bond acceptors (Lipinski definition) is 5. The second-order valence-corrected chi connectivity index (χ2v) is 6.23. The van der Waals surface area contributed by atoms with E-state index in [1.165, 1.54) is 11.3 Å². The SMILES string of the molecule is C/C(=N/O)c1csc(NC(=O)c2ccc(I)c(Cl)c2)n1. The van der Waals surface area contributed by atoms with Crippen molar-refractivity contribution in [2.45, 2.75) is 6.92 Å². The maximum Gasteiger partial charge on any atom is 0.257 e. The van der Waals surface area contributed by atoms with E-state index in [0.29, 0.717) is 27.1 Å². The summed E-state index contributed by atoms with van der Waals surface area (Å²) in [6.07, 6.45) is 0. The van der Waals surface area contributed by atoms with Gasteiger partial charge >= 0.3 is 0 Å². The van der Waals surface area contributed by atoms with Crippen LogP contribution in [0, 0.1) is 3.57 Å². The van der Waals surface area contributed by atoms with E-state index in [0.717, 1.165) is 3.57 Å². The summed E-state index contributed by atoms with van der Waals surface area (Å²) in [6, 6.07) is 5.07. The average Bonchev–Trinajstić information content (AvgIpc) is 2.89. The lowest BCUT2D eigenvalue weighted by Gasteiger charge is -2.03. The van der Waals surface area contributed by atoms with Crippen LogP contribution in [0.3, 0.4) is 0 Å². The molecule has 0 fully saturated rings. The number of carbonyl (C=O) groups is 1. The van der Waals surface area contributed by atoms with E-state index < -0.39 is 0 Å². The Morgan fingerprint density at radius 3 is 2.95 bits per heavy atom. The molecule has 0 saturated carbocycles. The highest BCUT2D eigenvalue weighted by Gasteiger charge is 2.11. The molecule has 5 nitrogen and oxygen atoms in total. The molecular weight excluding hydrogens is 413 g/mol. The van der Waals surface area contributed by atoms with Gasteiger partial charge in [0.25, 0.3) is 5.91 Å². The number of rotatable bonds is 3. The molecule has 0 atom stereocenters. The molecule has 20 heavy (non-hydrogen) atoms. The van der Waals surface area contributed by atoms with Gasteiger partial charge in [0.2, 0.25) is 0 Å². The lowest BCUT2D eigenvalue weighted by atomic mass is 10.2. The lowest BCUT2D eigenvalue weighted by Crippen LogP contribution is -2.12. The van der Waals surface area contributed by atoms with Crippen LogP contribution in [0.25, 0.3) is 0 Å². The summed E-state index contributed by atoms with van der Waals surface area (Å²) < 4.78 is 0.882. The normalized spacial score (nSPS) is 11.4. The van der Waals surface area contributed by atoms with E-state index in [-0.39, 0.29) is 5.91 Å². The number of oxime groups is 1. The van der Waals surface area contributed by atoms with E-state index in [1.54, 1.807) is 30.5 Å². The molecular formula is C12H9ClIN3O2S. The highest BCUT2D eigenvalue weighted by atomic mass is 127. The van der Waals surface area contributed by atoms with Gasteiger partial charge in [-0.25, -0.2) is 4.98 Å². The Bertz CT molecular complexity index is 687. The Labute approximate surface area is 137 Å². The van der Waals surface area contributed by atoms with Crippen LogP contribution >= 0.6 is 45.5 Å². The smallest absolute Gasteiger partial charge is 0.257 e. The van der Waals surface area contributed by atoms with Crippen molar-refractivity contribution >= 4 is 62.3 Å². The average molecular weight is 422 g/mol. The highest BCUT2D eigenvalue weighted by molar-refractivity contribution is 14.1. The number of benzene rings is 1. The van der Waals surface area contributed by atoms with E-state index >= 15 is 0 Å². The number of aromatic nitrogens is 1. The molecule has 1 aromatic carbocycles. The van der Waals surface area contributed by atoms with Crippen LogP contribution in [0.5, 0.6) is 0 Å². The summed E-state index contributed by atoms with van der Waals surface area (Å²) >= 11 is 9.33. The number of anilines is 1. The van der Waals surface area contributed by atoms with Crippen LogP contribution in [0.2, 0.25) is 5.02 Å². The fraction of sp³-hybridized carbons (Fsp3) is 0.0833. The Morgan fingerprint density at radius 1 is 1.55 bits per heavy atom. The van der Waals surface area contributed by atoms with E-state index in [4.69, 9.17) is 16.8 Å². The summed E-state index contributed by atoms with van der Waals surface area (Å²) in [4.78, 5) is 16.2. The van der Waals surface area contributed by atoms with Crippen LogP contribution in [-0.2, 0) is 0 Å². The third-order valence-electron chi connectivity index (χ3n) is 2.43. The molecule has 2 N–H and O–H groups in total. The molecule has 1 heterocycles. The number of carbonyl (C=O) groups excluding carboxylic acids is 1. The molecule has 1 amide bonds. The first-order chi connectivity index (χ1) is 9.51. The lowest BCUT2D eigenvalue weighted by molar-refractivity contribution is 0.102. The zero-order valence-electron chi connectivity index (χ0n) is 10.2. The van der Waals surface area contributed by atoms with Gasteiger partial charge in [-0.3, -0.25) is 10.1 Å². The fourth-order valence-corrected chi connectivity index (χ4v) is 2.62. The van der Waals surface area contributed by atoms with Crippen molar-refractivity contribution in [3.63, 3.8) is 0 Å². The maximum absolute atomic E-state index is 12.0. The minimum atomic E-state index is -0.289. The first-order valence-electron chi connectivity index (χ1n) is 5.42. The quantitative estimate of drug-likeness (QED) is 0.342. The third-order valence-corrected chi connectivity index (χ3v) is 4.76. The predicted molar refractivity (Wildman–Crippen MR) is 88.2 cm³/mol. The number of thiazole rings is 1. The minimum absolute atomic E-state index is 0.289. The standard InChI is InChI=1S/C12H9ClIN3O2S/c1-6(17-19)10-5-20-12(15-10)16-11(18)7-2-3-9(14)8(13)4-7/h2-5,19H,1H3,(H,15,16,18)/b17-6-. The Balaban J connectivity index is 2.15. The molecule has 1 aromatic heterocycles. The molecule has 2 rings (SSSR count). The molecule has 2 aromatic rings. The number of amides is 1. The van der Waals surface area contributed by atoms with Crippen LogP contribution in [0.4, 0.5) is 5.13 Å². The van der Waals surface area contributed by atoms with Gasteiger partial charge < -0.3 is 5.21 Å². The van der Waals surface area contributed by atoms with Gasteiger partial charge in [-0.1, -0.05) is 16.8 Å². The molecule has 8 heteroatoms. The number of nitrogens with zero attached hydrogens (tertiary/aromatic N) is 2. The molecule has 0 aliphatic carbocycles. The predicted octanol–water partition coefficient (Wildman–Crippen LogP) is 3.85. The molecule has 0 bridgehead atoms. The summed E-state index contributed by atoms with van der Waals surface area (Å²) in [5, 5.41) is 17.1. The van der Waals surface area contributed by atoms with E-state index in [9.17, 15) is 4.79 Å². The minimum Gasteiger partial charge on any atom is -0.411 e. The largest absolute Gasteiger partial charge is 0.411 e. The highest BCUT2D eigenvalue weighted by Crippen LogP contribution is 2.21. The van der Waals surface area contributed by atoms with Gasteiger partial charge in [0.15, 0.2) is 5.13 Å². The molecule has 0 aliphatic rings. The van der Waals surface area contributed by atoms with Crippen LogP contribution < -0.4 is 5.32 Å². The van der Waals surface area contributed by atoms with Gasteiger partial charge in [-0.05, 0) is 47.7 Å². The van der Waals surface area contributed by atoms with Gasteiger partial charge in [0.05, 0.1) is 5.02 Å². The van der Waals surface area contributed by atoms with Crippen LogP contribution in [0.15, 0.2) is 28.7 Å². The van der Waals surface area contributed by atoms with Gasteiger partial charge in [0, 0.05) is 14.5 Å². The van der Waals surface area contributed by atoms with Gasteiger partial charge in [-0.2, -0.15) is 0 Å². The van der Waals surface area contributed by atoms with Crippen molar-refractivity contribution in [2.24, 2.45) is 5.16 Å². The van der Waals surface area contributed by atoms with Crippen LogP contribution in [-0.4, -0.2) is 21.8 Å². The topological polar surface area (TPSA) is 74.6 Å². The second-order valence-electron chi connectivity index (χ2n) is 3.81. The van der Waals surface area contributed by atoms with E-state index in [2.05, 4.69) is 38.0 Å². The molecule has 104 valence electrons. The van der Waals surface area contributed by atoms with Crippen molar-refractivity contribution in [2.75, 3.05) is 5.32 Å². The summed E-state index contributed by atoms with van der Waals surface area (Å²) in [5.41, 5.74) is 1.37. The molecule has 0 aliphatic heterocycles. The zero-order valence-corrected chi connectivity index (χ0v) is 14.0. The zero-order chi connectivity index (χ0) is 14.7. The van der Waals surface area contributed by atoms with E-state index in [1.807, 2.05) is 0 Å². The Morgan fingerprint density at radius 2 is 2.30 bits per heavy atom. The van der Waals surface area contributed by atoms with Crippen LogP contribution in [0.1, 0.15) is 23.0 Å². The van der Waals surface area contributed by atoms with Gasteiger partial charge in [0.1, 0.15) is 11.4 Å². The first-order valence-corrected chi connectivity index (χ1v) is 7.76. The monoisotopic (exact) mass is 421 g/mol. The number of hydrogen-bond donors (Lipinski definition) is 2. The Kier molecular flexibility index (Phi) is 4.95. The fourth-order valence-electron chi connectivity index (χ4n) is 1.36. The van der Waals surface area contributed by atoms with Gasteiger partial charge in [-0.15, -0.1) is 11.3 Å². The summed E-state index contributed by atoms with van der Waals surface area (Å²) in [7, 11) is 0.